The number of hydrogen-bond acceptors (Lipinski definition) is 7. The number of aliphatic hydroxyl groups is 1. The number of carbonyl (C=O) groups is 3. The highest BCUT2D eigenvalue weighted by Gasteiger charge is 2.60. The lowest BCUT2D eigenvalue weighted by Gasteiger charge is -2.44. The molecule has 3 unspecified atom stereocenters. The number of fused-ring (bicyclic) bond motifs is 3. The first-order valence-electron chi connectivity index (χ1n) is 15.9. The van der Waals surface area contributed by atoms with Gasteiger partial charge in [0.25, 0.3) is 0 Å². The van der Waals surface area contributed by atoms with Gasteiger partial charge in [-0.15, -0.1) is 0 Å². The Kier molecular flexibility index (Phi) is 8.74. The number of nitrogens with one attached hydrogen (secondary N) is 1. The number of esters is 1. The van der Waals surface area contributed by atoms with E-state index >= 15 is 0 Å². The summed E-state index contributed by atoms with van der Waals surface area (Å²) in [6, 6.07) is 33.1. The van der Waals surface area contributed by atoms with Crippen molar-refractivity contribution in [1.82, 2.24) is 10.2 Å². The molecular weight excluding hydrogens is 592 g/mol. The van der Waals surface area contributed by atoms with Crippen LogP contribution in [0, 0.1) is 5.92 Å². The van der Waals surface area contributed by atoms with E-state index in [0.29, 0.717) is 0 Å². The number of likely N-dealkylation sites (tertiary alicyclic amines) is 1. The van der Waals surface area contributed by atoms with Gasteiger partial charge in [-0.25, -0.2) is 4.79 Å². The highest BCUT2D eigenvalue weighted by atomic mass is 16.6. The number of hydrogen-bond donors (Lipinski definition) is 2. The normalized spacial score (nSPS) is 19.7. The van der Waals surface area contributed by atoms with Crippen molar-refractivity contribution < 1.29 is 29.0 Å². The Labute approximate surface area is 275 Å². The third kappa shape index (κ3) is 5.95. The van der Waals surface area contributed by atoms with E-state index in [1.54, 1.807) is 27.7 Å². The number of aliphatic hydroxyl groups excluding tert-OH is 1. The van der Waals surface area contributed by atoms with Crippen molar-refractivity contribution in [3.8, 4) is 11.1 Å². The first-order chi connectivity index (χ1) is 22.5. The molecule has 1 saturated heterocycles. The third-order valence-electron chi connectivity index (χ3n) is 9.01. The Balaban J connectivity index is 1.48. The number of rotatable bonds is 8. The molecule has 0 saturated carbocycles. The van der Waals surface area contributed by atoms with Crippen molar-refractivity contribution in [3.05, 3.63) is 131 Å². The summed E-state index contributed by atoms with van der Waals surface area (Å²) < 4.78 is 11.4. The second kappa shape index (κ2) is 12.8. The molecule has 1 aliphatic carbocycles. The summed E-state index contributed by atoms with van der Waals surface area (Å²) in [7, 11) is 0. The van der Waals surface area contributed by atoms with Crippen molar-refractivity contribution in [1.29, 1.82) is 0 Å². The minimum Gasteiger partial charge on any atom is -0.460 e. The standard InChI is InChI=1S/C39H40N2O6/c1-25(40-37(45)47-38(2,3)4)35(43)33-32(42)23-41(34(33)36(44)46-24-26-15-7-5-8-16-26)39(27-17-9-6-10-18-27)30-21-13-11-19-28(30)29-20-12-14-22-31(29)39/h5-22,25,33-35,43H,23-24H2,1-4H3,(H,40,45)/t25?,33?,34-,35?/m0/s1. The van der Waals surface area contributed by atoms with E-state index in [1.165, 1.54) is 0 Å². The predicted molar refractivity (Wildman–Crippen MR) is 178 cm³/mol. The van der Waals surface area contributed by atoms with Gasteiger partial charge in [0.2, 0.25) is 0 Å². The van der Waals surface area contributed by atoms with E-state index < -0.39 is 47.3 Å². The molecule has 242 valence electrons. The number of Topliss-reactive ketones (excluding diaryl/α,β-unsaturated/α-hetero) is 1. The molecule has 4 aromatic rings. The van der Waals surface area contributed by atoms with Crippen LogP contribution >= 0.6 is 0 Å². The molecule has 6 rings (SSSR count). The van der Waals surface area contributed by atoms with Gasteiger partial charge in [0.1, 0.15) is 18.2 Å². The number of ketones is 1. The Morgan fingerprint density at radius 1 is 0.872 bits per heavy atom. The molecule has 2 aliphatic rings. The summed E-state index contributed by atoms with van der Waals surface area (Å²) in [6.07, 6.45) is -2.15. The minimum absolute atomic E-state index is 0.00174. The fourth-order valence-corrected chi connectivity index (χ4v) is 7.10. The zero-order valence-corrected chi connectivity index (χ0v) is 27.1. The fraction of sp³-hybridized carbons (Fsp3) is 0.308. The van der Waals surface area contributed by atoms with Crippen LogP contribution in [0.1, 0.15) is 49.9 Å². The van der Waals surface area contributed by atoms with Crippen LogP contribution in [0.3, 0.4) is 0 Å². The Morgan fingerprint density at radius 3 is 1.98 bits per heavy atom. The topological polar surface area (TPSA) is 105 Å². The van der Waals surface area contributed by atoms with E-state index in [4.69, 9.17) is 9.47 Å². The van der Waals surface area contributed by atoms with Crippen LogP contribution < -0.4 is 5.32 Å². The van der Waals surface area contributed by atoms with Crippen LogP contribution in [0.25, 0.3) is 11.1 Å². The maximum absolute atomic E-state index is 14.4. The first-order valence-corrected chi connectivity index (χ1v) is 15.9. The molecular formula is C39H40N2O6. The van der Waals surface area contributed by atoms with E-state index in [0.717, 1.165) is 33.4 Å². The number of amides is 1. The first kappa shape index (κ1) is 32.2. The van der Waals surface area contributed by atoms with Gasteiger partial charge >= 0.3 is 12.1 Å². The summed E-state index contributed by atoms with van der Waals surface area (Å²) in [5, 5.41) is 14.5. The van der Waals surface area contributed by atoms with Crippen LogP contribution in [0.4, 0.5) is 4.79 Å². The largest absolute Gasteiger partial charge is 0.460 e. The van der Waals surface area contributed by atoms with Crippen LogP contribution in [0.2, 0.25) is 0 Å². The molecule has 1 heterocycles. The molecule has 4 aromatic carbocycles. The van der Waals surface area contributed by atoms with Crippen LogP contribution in [0.15, 0.2) is 109 Å². The molecule has 0 aromatic heterocycles. The number of carbonyl (C=O) groups excluding carboxylic acids is 3. The average Bonchev–Trinajstić information content (AvgIpc) is 3.56. The monoisotopic (exact) mass is 632 g/mol. The molecule has 2 N–H and O–H groups in total. The molecule has 1 fully saturated rings. The molecule has 0 radical (unpaired) electrons. The lowest BCUT2D eigenvalue weighted by atomic mass is 9.78. The van der Waals surface area contributed by atoms with Gasteiger partial charge in [-0.1, -0.05) is 109 Å². The number of nitrogens with zero attached hydrogens (tertiary/aromatic N) is 1. The second-order valence-corrected chi connectivity index (χ2v) is 13.3. The Bertz CT molecular complexity index is 1720. The summed E-state index contributed by atoms with van der Waals surface area (Å²) in [5.41, 5.74) is 3.71. The van der Waals surface area contributed by atoms with Crippen LogP contribution in [-0.2, 0) is 31.2 Å². The maximum Gasteiger partial charge on any atom is 0.407 e. The van der Waals surface area contributed by atoms with Gasteiger partial charge in [0.05, 0.1) is 30.1 Å². The molecule has 8 heteroatoms. The van der Waals surface area contributed by atoms with Crippen LogP contribution in [-0.4, -0.2) is 58.2 Å². The van der Waals surface area contributed by atoms with E-state index in [9.17, 15) is 19.5 Å². The minimum atomic E-state index is -1.42. The summed E-state index contributed by atoms with van der Waals surface area (Å²) >= 11 is 0. The van der Waals surface area contributed by atoms with Crippen molar-refractivity contribution in [2.24, 2.45) is 5.92 Å². The summed E-state index contributed by atoms with van der Waals surface area (Å²) in [5.74, 6) is -2.16. The fourth-order valence-electron chi connectivity index (χ4n) is 7.10. The van der Waals surface area contributed by atoms with Crippen LogP contribution in [0.5, 0.6) is 0 Å². The van der Waals surface area contributed by atoms with Gasteiger partial charge < -0.3 is 19.9 Å². The average molecular weight is 633 g/mol. The van der Waals surface area contributed by atoms with Crippen molar-refractivity contribution in [2.75, 3.05) is 6.54 Å². The van der Waals surface area contributed by atoms with Gasteiger partial charge in [-0.2, -0.15) is 0 Å². The van der Waals surface area contributed by atoms with Gasteiger partial charge in [-0.05, 0) is 61.1 Å². The van der Waals surface area contributed by atoms with Gasteiger partial charge in [0.15, 0.2) is 5.78 Å². The van der Waals surface area contributed by atoms with Gasteiger partial charge in [-0.3, -0.25) is 14.5 Å². The molecule has 1 aliphatic heterocycles. The van der Waals surface area contributed by atoms with E-state index in [1.807, 2.05) is 102 Å². The molecule has 0 spiro atoms. The zero-order valence-electron chi connectivity index (χ0n) is 27.1. The zero-order chi connectivity index (χ0) is 33.3. The maximum atomic E-state index is 14.4. The van der Waals surface area contributed by atoms with E-state index in [2.05, 4.69) is 17.4 Å². The molecule has 0 bridgehead atoms. The SMILES string of the molecule is CC(NC(=O)OC(C)(C)C)C(O)C1C(=O)CN(C2(c3ccccc3)c3ccccc3-c3ccccc32)[C@@H]1C(=O)OCc1ccccc1. The van der Waals surface area contributed by atoms with E-state index in [-0.39, 0.29) is 18.9 Å². The molecule has 1 amide bonds. The number of alkyl carbamates (subject to hydrolysis) is 1. The lowest BCUT2D eigenvalue weighted by Crippen LogP contribution is -2.56. The lowest BCUT2D eigenvalue weighted by molar-refractivity contribution is -0.155. The number of benzene rings is 4. The molecule has 4 atom stereocenters. The molecule has 47 heavy (non-hydrogen) atoms. The third-order valence-corrected chi connectivity index (χ3v) is 9.01. The highest BCUT2D eigenvalue weighted by Crippen LogP contribution is 2.56. The van der Waals surface area contributed by atoms with Crippen molar-refractivity contribution in [2.45, 2.75) is 63.6 Å². The van der Waals surface area contributed by atoms with Crippen molar-refractivity contribution >= 4 is 17.8 Å². The summed E-state index contributed by atoms with van der Waals surface area (Å²) in [6.45, 7) is 6.69. The summed E-state index contributed by atoms with van der Waals surface area (Å²) in [4.78, 5) is 43.3. The van der Waals surface area contributed by atoms with Gasteiger partial charge in [0, 0.05) is 0 Å². The van der Waals surface area contributed by atoms with Crippen molar-refractivity contribution in [3.63, 3.8) is 0 Å². The Hall–Kier alpha value is -4.79. The smallest absolute Gasteiger partial charge is 0.407 e. The quantitative estimate of drug-likeness (QED) is 0.235. The predicted octanol–water partition coefficient (Wildman–Crippen LogP) is 5.85. The molecule has 8 nitrogen and oxygen atoms in total. The number of ether oxygens (including phenoxy) is 2. The highest BCUT2D eigenvalue weighted by molar-refractivity contribution is 5.96. The Morgan fingerprint density at radius 2 is 1.40 bits per heavy atom. The second-order valence-electron chi connectivity index (χ2n) is 13.3.